The van der Waals surface area contributed by atoms with Gasteiger partial charge in [-0.05, 0) is 44.0 Å². The zero-order chi connectivity index (χ0) is 24.8. The first kappa shape index (κ1) is 24.3. The number of amides is 5. The molecule has 1 N–H and O–H groups in total. The summed E-state index contributed by atoms with van der Waals surface area (Å²) in [5, 5.41) is 8.50. The lowest BCUT2D eigenvalue weighted by Gasteiger charge is -2.12. The van der Waals surface area contributed by atoms with Crippen LogP contribution in [0.3, 0.4) is 0 Å². The van der Waals surface area contributed by atoms with Gasteiger partial charge in [0, 0.05) is 13.0 Å². The Kier molecular flexibility index (Phi) is 7.52. The summed E-state index contributed by atoms with van der Waals surface area (Å²) in [6.45, 7) is 2.00. The summed E-state index contributed by atoms with van der Waals surface area (Å²) in [5.41, 5.74) is 1.34. The molecule has 2 aromatic carbocycles. The maximum atomic E-state index is 11.9. The highest BCUT2D eigenvalue weighted by Gasteiger charge is 2.40. The predicted octanol–water partition coefficient (Wildman–Crippen LogP) is 2.98. The zero-order valence-corrected chi connectivity index (χ0v) is 18.4. The van der Waals surface area contributed by atoms with E-state index in [2.05, 4.69) is 4.74 Å². The summed E-state index contributed by atoms with van der Waals surface area (Å²) >= 11 is 0. The van der Waals surface area contributed by atoms with Crippen molar-refractivity contribution in [1.29, 1.82) is 0 Å². The van der Waals surface area contributed by atoms with E-state index in [0.29, 0.717) is 28.9 Å². The van der Waals surface area contributed by atoms with Gasteiger partial charge in [-0.1, -0.05) is 24.3 Å². The number of carboxylic acid groups (broad SMARTS) is 1. The van der Waals surface area contributed by atoms with Gasteiger partial charge in [0.1, 0.15) is 0 Å². The molecule has 0 radical (unpaired) electrons. The summed E-state index contributed by atoms with van der Waals surface area (Å²) in [5.74, 6) is -2.69. The number of fused-ring (bicyclic) bond motifs is 2. The molecule has 2 aromatic rings. The number of carboxylic acids is 1. The maximum Gasteiger partial charge on any atom is 0.424 e. The minimum absolute atomic E-state index is 0.0587. The molecule has 2 aliphatic heterocycles. The van der Waals surface area contributed by atoms with E-state index in [0.717, 1.165) is 0 Å². The lowest BCUT2D eigenvalue weighted by atomic mass is 10.1. The minimum Gasteiger partial charge on any atom is -0.481 e. The van der Waals surface area contributed by atoms with Crippen LogP contribution in [-0.2, 0) is 9.53 Å². The first-order valence-corrected chi connectivity index (χ1v) is 10.6. The van der Waals surface area contributed by atoms with Crippen LogP contribution >= 0.6 is 0 Å². The molecule has 34 heavy (non-hydrogen) atoms. The lowest BCUT2D eigenvalue weighted by Crippen LogP contribution is -2.36. The fourth-order valence-electron chi connectivity index (χ4n) is 3.53. The standard InChI is InChI=1S/C13H13NO4.C11H9NO4/c15-11(16)7-3-4-8-14-12(17)9-5-1-2-6-10(9)13(14)18;1-2-16-11(15)12-9(13)7-5-3-4-6-8(7)10(12)14/h1-2,5-6H,3-4,7-8H2,(H,15,16);3-6H,2H2,1H3. The van der Waals surface area contributed by atoms with Crippen LogP contribution in [0.15, 0.2) is 48.5 Å². The monoisotopic (exact) mass is 466 g/mol. The van der Waals surface area contributed by atoms with Gasteiger partial charge in [-0.15, -0.1) is 0 Å². The van der Waals surface area contributed by atoms with Crippen LogP contribution in [-0.4, -0.2) is 63.7 Å². The number of aliphatic carboxylic acids is 1. The lowest BCUT2D eigenvalue weighted by molar-refractivity contribution is -0.137. The van der Waals surface area contributed by atoms with Crippen molar-refractivity contribution in [1.82, 2.24) is 9.80 Å². The Morgan fingerprint density at radius 2 is 1.21 bits per heavy atom. The van der Waals surface area contributed by atoms with Gasteiger partial charge in [0.25, 0.3) is 23.6 Å². The van der Waals surface area contributed by atoms with Gasteiger partial charge in [0.15, 0.2) is 0 Å². The Morgan fingerprint density at radius 3 is 1.62 bits per heavy atom. The molecule has 10 nitrogen and oxygen atoms in total. The maximum absolute atomic E-state index is 11.9. The second-order valence-electron chi connectivity index (χ2n) is 7.35. The summed E-state index contributed by atoms with van der Waals surface area (Å²) in [6, 6.07) is 13.0. The van der Waals surface area contributed by atoms with Gasteiger partial charge in [-0.25, -0.2) is 4.79 Å². The molecule has 5 amide bonds. The third-order valence-corrected chi connectivity index (χ3v) is 5.14. The first-order valence-electron chi connectivity index (χ1n) is 10.6. The van der Waals surface area contributed by atoms with Crippen molar-refractivity contribution in [2.24, 2.45) is 0 Å². The van der Waals surface area contributed by atoms with Gasteiger partial charge in [0.05, 0.1) is 28.9 Å². The van der Waals surface area contributed by atoms with Crippen molar-refractivity contribution in [2.45, 2.75) is 26.2 Å². The molecule has 0 saturated carbocycles. The van der Waals surface area contributed by atoms with E-state index in [4.69, 9.17) is 5.11 Å². The molecular weight excluding hydrogens is 444 g/mol. The molecule has 0 bridgehead atoms. The Balaban J connectivity index is 0.000000192. The fourth-order valence-corrected chi connectivity index (χ4v) is 3.53. The molecule has 0 fully saturated rings. The second-order valence-corrected chi connectivity index (χ2v) is 7.35. The summed E-state index contributed by atoms with van der Waals surface area (Å²) in [4.78, 5) is 70.8. The van der Waals surface area contributed by atoms with Gasteiger partial charge >= 0.3 is 12.1 Å². The number of unbranched alkanes of at least 4 members (excludes halogenated alkanes) is 1. The largest absolute Gasteiger partial charge is 0.481 e. The molecule has 10 heteroatoms. The Hall–Kier alpha value is -4.34. The van der Waals surface area contributed by atoms with Crippen LogP contribution in [0.1, 0.15) is 67.6 Å². The topological polar surface area (TPSA) is 138 Å². The Labute approximate surface area is 194 Å². The molecule has 176 valence electrons. The third-order valence-electron chi connectivity index (χ3n) is 5.14. The first-order chi connectivity index (χ1) is 16.3. The molecular formula is C24H22N2O8. The zero-order valence-electron chi connectivity index (χ0n) is 18.4. The number of imide groups is 4. The number of hydrogen-bond acceptors (Lipinski definition) is 7. The van der Waals surface area contributed by atoms with Crippen molar-refractivity contribution in [3.63, 3.8) is 0 Å². The molecule has 0 unspecified atom stereocenters. The van der Waals surface area contributed by atoms with Gasteiger partial charge in [0.2, 0.25) is 0 Å². The highest BCUT2D eigenvalue weighted by Crippen LogP contribution is 2.23. The van der Waals surface area contributed by atoms with Crippen LogP contribution in [0.25, 0.3) is 0 Å². The van der Waals surface area contributed by atoms with E-state index in [1.165, 1.54) is 17.0 Å². The van der Waals surface area contributed by atoms with E-state index in [1.807, 2.05) is 0 Å². The normalized spacial score (nSPS) is 13.9. The van der Waals surface area contributed by atoms with Crippen molar-refractivity contribution in [3.8, 4) is 0 Å². The molecule has 4 rings (SSSR count). The SMILES string of the molecule is CCOC(=O)N1C(=O)c2ccccc2C1=O.O=C(O)CCCCN1C(=O)c2ccccc2C1=O. The number of carbonyl (C=O) groups excluding carboxylic acids is 5. The molecule has 2 heterocycles. The molecule has 2 aliphatic rings. The Bertz CT molecular complexity index is 1100. The van der Waals surface area contributed by atoms with E-state index < -0.39 is 23.9 Å². The highest BCUT2D eigenvalue weighted by molar-refractivity contribution is 6.28. The summed E-state index contributed by atoms with van der Waals surface area (Å²) in [7, 11) is 0. The van der Waals surface area contributed by atoms with Crippen LogP contribution < -0.4 is 0 Å². The van der Waals surface area contributed by atoms with Gasteiger partial charge < -0.3 is 9.84 Å². The number of carbonyl (C=O) groups is 6. The molecule has 0 saturated heterocycles. The van der Waals surface area contributed by atoms with E-state index in [-0.39, 0.29) is 42.5 Å². The van der Waals surface area contributed by atoms with Crippen molar-refractivity contribution < 1.29 is 38.6 Å². The number of nitrogens with zero attached hydrogens (tertiary/aromatic N) is 2. The van der Waals surface area contributed by atoms with Crippen molar-refractivity contribution in [3.05, 3.63) is 70.8 Å². The molecule has 0 aliphatic carbocycles. The van der Waals surface area contributed by atoms with Crippen LogP contribution in [0.4, 0.5) is 4.79 Å². The minimum atomic E-state index is -0.922. The van der Waals surface area contributed by atoms with E-state index >= 15 is 0 Å². The van der Waals surface area contributed by atoms with Gasteiger partial charge in [-0.3, -0.25) is 28.9 Å². The number of ether oxygens (including phenoxy) is 1. The third kappa shape index (κ3) is 4.85. The number of benzene rings is 2. The molecule has 0 atom stereocenters. The Morgan fingerprint density at radius 1 is 0.765 bits per heavy atom. The molecule has 0 aromatic heterocycles. The smallest absolute Gasteiger partial charge is 0.424 e. The van der Waals surface area contributed by atoms with Crippen LogP contribution in [0, 0.1) is 0 Å². The number of rotatable bonds is 6. The quantitative estimate of drug-likeness (QED) is 0.506. The predicted molar refractivity (Wildman–Crippen MR) is 117 cm³/mol. The summed E-state index contributed by atoms with van der Waals surface area (Å²) in [6.07, 6.45) is 0.109. The number of hydrogen-bond donors (Lipinski definition) is 1. The average molecular weight is 466 g/mol. The van der Waals surface area contributed by atoms with Crippen molar-refractivity contribution >= 4 is 35.7 Å². The van der Waals surface area contributed by atoms with Gasteiger partial charge in [-0.2, -0.15) is 4.90 Å². The highest BCUT2D eigenvalue weighted by atomic mass is 16.6. The van der Waals surface area contributed by atoms with Crippen LogP contribution in [0.5, 0.6) is 0 Å². The summed E-state index contributed by atoms with van der Waals surface area (Å²) < 4.78 is 4.64. The second kappa shape index (κ2) is 10.5. The molecule has 0 spiro atoms. The van der Waals surface area contributed by atoms with Crippen LogP contribution in [0.2, 0.25) is 0 Å². The average Bonchev–Trinajstić information content (AvgIpc) is 3.22. The van der Waals surface area contributed by atoms with E-state index in [1.54, 1.807) is 43.3 Å². The fraction of sp³-hybridized carbons (Fsp3) is 0.250. The van der Waals surface area contributed by atoms with E-state index in [9.17, 15) is 28.8 Å². The van der Waals surface area contributed by atoms with Crippen molar-refractivity contribution in [2.75, 3.05) is 13.2 Å².